The molecule has 1 aromatic carbocycles. The minimum Gasteiger partial charge on any atom is -0.450 e. The fourth-order valence-electron chi connectivity index (χ4n) is 3.13. The van der Waals surface area contributed by atoms with Crippen molar-refractivity contribution in [1.82, 2.24) is 9.88 Å². The number of hydrogen-bond acceptors (Lipinski definition) is 5. The number of ether oxygens (including phenoxy) is 1. The lowest BCUT2D eigenvalue weighted by Crippen LogP contribution is -2.49. The van der Waals surface area contributed by atoms with Crippen molar-refractivity contribution in [2.45, 2.75) is 20.8 Å². The highest BCUT2D eigenvalue weighted by molar-refractivity contribution is 6.03. The van der Waals surface area contributed by atoms with Gasteiger partial charge in [-0.1, -0.05) is 12.1 Å². The summed E-state index contributed by atoms with van der Waals surface area (Å²) < 4.78 is 5.04. The molecule has 1 N–H and O–H groups in total. The van der Waals surface area contributed by atoms with E-state index in [1.807, 2.05) is 38.1 Å². The molecule has 0 saturated carbocycles. The van der Waals surface area contributed by atoms with Gasteiger partial charge in [0.25, 0.3) is 5.91 Å². The van der Waals surface area contributed by atoms with Crippen LogP contribution in [0.1, 0.15) is 28.5 Å². The van der Waals surface area contributed by atoms with Crippen LogP contribution in [0.25, 0.3) is 0 Å². The Labute approximate surface area is 165 Å². The standard InChI is InChI=1S/C21H26N4O3/c1-4-28-21(27)25-11-9-24(10-12-25)17-7-8-18(22-14-17)20(26)23-19-13-15(2)5-6-16(19)3/h5-8,13-14H,4,9-12H2,1-3H3,(H,23,26). The Bertz CT molecular complexity index is 843. The lowest BCUT2D eigenvalue weighted by atomic mass is 10.1. The van der Waals surface area contributed by atoms with E-state index in [4.69, 9.17) is 4.74 Å². The smallest absolute Gasteiger partial charge is 0.409 e. The van der Waals surface area contributed by atoms with E-state index in [1.54, 1.807) is 24.1 Å². The van der Waals surface area contributed by atoms with E-state index in [0.29, 0.717) is 38.5 Å². The zero-order valence-corrected chi connectivity index (χ0v) is 16.6. The molecule has 0 spiro atoms. The highest BCUT2D eigenvalue weighted by Gasteiger charge is 2.22. The molecule has 0 aliphatic carbocycles. The summed E-state index contributed by atoms with van der Waals surface area (Å²) >= 11 is 0. The van der Waals surface area contributed by atoms with Gasteiger partial charge in [-0.15, -0.1) is 0 Å². The van der Waals surface area contributed by atoms with Gasteiger partial charge < -0.3 is 19.9 Å². The van der Waals surface area contributed by atoms with E-state index in [-0.39, 0.29) is 12.0 Å². The molecule has 1 saturated heterocycles. The van der Waals surface area contributed by atoms with Gasteiger partial charge >= 0.3 is 6.09 Å². The normalized spacial score (nSPS) is 14.0. The van der Waals surface area contributed by atoms with Gasteiger partial charge in [-0.3, -0.25) is 4.79 Å². The fraction of sp³-hybridized carbons (Fsp3) is 0.381. The predicted octanol–water partition coefficient (Wildman–Crippen LogP) is 3.23. The van der Waals surface area contributed by atoms with Gasteiger partial charge in [0.2, 0.25) is 0 Å². The maximum absolute atomic E-state index is 12.5. The van der Waals surface area contributed by atoms with Crippen molar-refractivity contribution >= 4 is 23.4 Å². The summed E-state index contributed by atoms with van der Waals surface area (Å²) in [5, 5.41) is 2.92. The highest BCUT2D eigenvalue weighted by Crippen LogP contribution is 2.19. The van der Waals surface area contributed by atoms with Crippen molar-refractivity contribution in [2.75, 3.05) is 43.0 Å². The van der Waals surface area contributed by atoms with Crippen LogP contribution in [0.15, 0.2) is 36.5 Å². The molecule has 7 heteroatoms. The first-order valence-electron chi connectivity index (χ1n) is 9.49. The van der Waals surface area contributed by atoms with Gasteiger partial charge in [-0.25, -0.2) is 9.78 Å². The van der Waals surface area contributed by atoms with E-state index in [2.05, 4.69) is 15.2 Å². The number of carbonyl (C=O) groups excluding carboxylic acids is 2. The molecular formula is C21H26N4O3. The molecule has 0 atom stereocenters. The molecule has 0 radical (unpaired) electrons. The quantitative estimate of drug-likeness (QED) is 0.879. The second-order valence-electron chi connectivity index (χ2n) is 6.85. The number of amides is 2. The Morgan fingerprint density at radius 2 is 1.86 bits per heavy atom. The average Bonchev–Trinajstić information content (AvgIpc) is 2.71. The highest BCUT2D eigenvalue weighted by atomic mass is 16.6. The van der Waals surface area contributed by atoms with Gasteiger partial charge in [-0.2, -0.15) is 0 Å². The minimum atomic E-state index is -0.265. The van der Waals surface area contributed by atoms with Gasteiger partial charge in [0.15, 0.2) is 0 Å². The van der Waals surface area contributed by atoms with E-state index in [9.17, 15) is 9.59 Å². The predicted molar refractivity (Wildman–Crippen MR) is 109 cm³/mol. The van der Waals surface area contributed by atoms with Crippen molar-refractivity contribution < 1.29 is 14.3 Å². The first-order chi connectivity index (χ1) is 13.5. The number of nitrogens with one attached hydrogen (secondary N) is 1. The summed E-state index contributed by atoms with van der Waals surface area (Å²) in [6.07, 6.45) is 1.44. The lowest BCUT2D eigenvalue weighted by molar-refractivity contribution is 0.101. The van der Waals surface area contributed by atoms with Gasteiger partial charge in [0.05, 0.1) is 18.5 Å². The zero-order valence-electron chi connectivity index (χ0n) is 16.6. The largest absolute Gasteiger partial charge is 0.450 e. The number of carbonyl (C=O) groups is 2. The number of nitrogens with zero attached hydrogens (tertiary/aromatic N) is 3. The zero-order chi connectivity index (χ0) is 20.1. The van der Waals surface area contributed by atoms with Crippen LogP contribution in [0, 0.1) is 13.8 Å². The Balaban J connectivity index is 1.60. The van der Waals surface area contributed by atoms with Gasteiger partial charge in [0.1, 0.15) is 5.69 Å². The Kier molecular flexibility index (Phi) is 6.13. The molecule has 1 aliphatic rings. The van der Waals surface area contributed by atoms with Crippen molar-refractivity contribution in [3.05, 3.63) is 53.3 Å². The second kappa shape index (κ2) is 8.73. The molecule has 1 fully saturated rings. The third kappa shape index (κ3) is 4.60. The van der Waals surface area contributed by atoms with E-state index >= 15 is 0 Å². The summed E-state index contributed by atoms with van der Waals surface area (Å²) in [4.78, 5) is 32.5. The summed E-state index contributed by atoms with van der Waals surface area (Å²) in [6, 6.07) is 9.57. The molecule has 148 valence electrons. The van der Waals surface area contributed by atoms with Crippen LogP contribution in [-0.4, -0.2) is 54.7 Å². The molecule has 28 heavy (non-hydrogen) atoms. The summed E-state index contributed by atoms with van der Waals surface area (Å²) in [5.41, 5.74) is 4.20. The first-order valence-corrected chi connectivity index (χ1v) is 9.49. The first kappa shape index (κ1) is 19.7. The van der Waals surface area contributed by atoms with Crippen molar-refractivity contribution in [3.8, 4) is 0 Å². The molecule has 1 aliphatic heterocycles. The SMILES string of the molecule is CCOC(=O)N1CCN(c2ccc(C(=O)Nc3cc(C)ccc3C)nc2)CC1. The molecular weight excluding hydrogens is 356 g/mol. The third-order valence-corrected chi connectivity index (χ3v) is 4.79. The number of benzene rings is 1. The minimum absolute atomic E-state index is 0.229. The van der Waals surface area contributed by atoms with Crippen LogP contribution < -0.4 is 10.2 Å². The van der Waals surface area contributed by atoms with Crippen molar-refractivity contribution in [2.24, 2.45) is 0 Å². The van der Waals surface area contributed by atoms with Gasteiger partial charge in [0, 0.05) is 31.9 Å². The van der Waals surface area contributed by atoms with Crippen LogP contribution >= 0.6 is 0 Å². The number of piperazine rings is 1. The van der Waals surface area contributed by atoms with E-state index < -0.39 is 0 Å². The monoisotopic (exact) mass is 382 g/mol. The van der Waals surface area contributed by atoms with Crippen LogP contribution in [0.4, 0.5) is 16.2 Å². The van der Waals surface area contributed by atoms with Crippen LogP contribution in [-0.2, 0) is 4.74 Å². The number of aromatic nitrogens is 1. The number of hydrogen-bond donors (Lipinski definition) is 1. The molecule has 0 unspecified atom stereocenters. The maximum Gasteiger partial charge on any atom is 0.409 e. The number of anilines is 2. The third-order valence-electron chi connectivity index (χ3n) is 4.79. The van der Waals surface area contributed by atoms with E-state index in [0.717, 1.165) is 22.5 Å². The second-order valence-corrected chi connectivity index (χ2v) is 6.85. The van der Waals surface area contributed by atoms with E-state index in [1.165, 1.54) is 0 Å². The van der Waals surface area contributed by atoms with Crippen LogP contribution in [0.2, 0.25) is 0 Å². The molecule has 1 aromatic heterocycles. The Hall–Kier alpha value is -3.09. The number of aryl methyl sites for hydroxylation is 2. The molecule has 7 nitrogen and oxygen atoms in total. The molecule has 0 bridgehead atoms. The topological polar surface area (TPSA) is 74.8 Å². The van der Waals surface area contributed by atoms with Crippen molar-refractivity contribution in [1.29, 1.82) is 0 Å². The van der Waals surface area contributed by atoms with Crippen molar-refractivity contribution in [3.63, 3.8) is 0 Å². The fourth-order valence-corrected chi connectivity index (χ4v) is 3.13. The summed E-state index contributed by atoms with van der Waals surface area (Å²) in [6.45, 7) is 8.75. The molecule has 3 rings (SSSR count). The summed E-state index contributed by atoms with van der Waals surface area (Å²) in [5.74, 6) is -0.229. The maximum atomic E-state index is 12.5. The average molecular weight is 382 g/mol. The van der Waals surface area contributed by atoms with Gasteiger partial charge in [-0.05, 0) is 50.1 Å². The van der Waals surface area contributed by atoms with Crippen LogP contribution in [0.5, 0.6) is 0 Å². The molecule has 2 heterocycles. The Morgan fingerprint density at radius 1 is 1.11 bits per heavy atom. The molecule has 2 amide bonds. The Morgan fingerprint density at radius 3 is 2.50 bits per heavy atom. The summed E-state index contributed by atoms with van der Waals surface area (Å²) in [7, 11) is 0. The lowest BCUT2D eigenvalue weighted by Gasteiger charge is -2.35. The number of pyridine rings is 1. The van der Waals surface area contributed by atoms with Crippen LogP contribution in [0.3, 0.4) is 0 Å². The molecule has 2 aromatic rings. The number of rotatable bonds is 4.